The zero-order chi connectivity index (χ0) is 20.4. The van der Waals surface area contributed by atoms with Crippen LogP contribution < -0.4 is 0 Å². The number of imidazole rings is 1. The number of fused-ring (bicyclic) bond motifs is 3. The molecule has 0 spiro atoms. The topological polar surface area (TPSA) is 39.8 Å². The Labute approximate surface area is 157 Å². The second kappa shape index (κ2) is 5.83. The summed E-state index contributed by atoms with van der Waals surface area (Å²) in [5, 5.41) is 1.05. The molecule has 0 saturated carbocycles. The van der Waals surface area contributed by atoms with Crippen LogP contribution in [0.25, 0.3) is 10.9 Å². The van der Waals surface area contributed by atoms with Crippen LogP contribution in [0, 0.1) is 26.2 Å². The van der Waals surface area contributed by atoms with Crippen molar-refractivity contribution in [1.82, 2.24) is 14.1 Å². The number of aryl methyl sites for hydroxylation is 4. The molecule has 0 bridgehead atoms. The number of Topliss-reactive ketones (excluding diaryl/α,β-unsaturated/α-hetero) is 1. The maximum atomic E-state index is 13.8. The number of hydrogen-bond donors (Lipinski definition) is 0. The number of carbonyl (C=O) groups excluding carboxylic acids is 1. The minimum absolute atomic E-state index is 0.0290. The number of rotatable bonds is 3. The predicted octanol–water partition coefficient (Wildman–Crippen LogP) is 4.62. The quantitative estimate of drug-likeness (QED) is 0.691. The lowest BCUT2D eigenvalue weighted by Crippen LogP contribution is -2.37. The van der Waals surface area contributed by atoms with Crippen LogP contribution in [0.3, 0.4) is 0 Å². The molecule has 0 radical (unpaired) electrons. The van der Waals surface area contributed by atoms with Gasteiger partial charge in [0.2, 0.25) is 0 Å². The van der Waals surface area contributed by atoms with E-state index in [0.717, 1.165) is 41.5 Å². The molecule has 0 amide bonds. The summed E-state index contributed by atoms with van der Waals surface area (Å²) in [5.41, 5.74) is 4.96. The fourth-order valence-corrected chi connectivity index (χ4v) is 4.31. The van der Waals surface area contributed by atoms with Gasteiger partial charge in [0.15, 0.2) is 5.78 Å². The summed E-state index contributed by atoms with van der Waals surface area (Å²) in [4.78, 5) is 17.8. The Morgan fingerprint density at radius 3 is 2.65 bits per heavy atom. The number of ketones is 1. The molecule has 4 nitrogen and oxygen atoms in total. The van der Waals surface area contributed by atoms with E-state index >= 15 is 0 Å². The minimum atomic E-state index is -0.605. The Kier molecular flexibility index (Phi) is 3.31. The van der Waals surface area contributed by atoms with Gasteiger partial charge in [0, 0.05) is 53.0 Å². The number of aromatic nitrogens is 3. The molecule has 2 heterocycles. The molecule has 1 aliphatic rings. The maximum Gasteiger partial charge on any atom is 0.172 e. The van der Waals surface area contributed by atoms with Gasteiger partial charge in [0.05, 0.1) is 2.74 Å². The van der Waals surface area contributed by atoms with Crippen LogP contribution in [0.5, 0.6) is 0 Å². The van der Waals surface area contributed by atoms with Crippen LogP contribution in [0.2, 0.25) is 0 Å². The predicted molar refractivity (Wildman–Crippen MR) is 105 cm³/mol. The van der Waals surface area contributed by atoms with Crippen LogP contribution in [0.15, 0.2) is 24.5 Å². The van der Waals surface area contributed by atoms with Crippen LogP contribution in [-0.4, -0.2) is 19.9 Å². The lowest BCUT2D eigenvalue weighted by Gasteiger charge is -2.33. The van der Waals surface area contributed by atoms with Crippen molar-refractivity contribution in [3.8, 4) is 0 Å². The molecule has 136 valence electrons. The fraction of sp³-hybridized carbons (Fsp3) is 0.455. The van der Waals surface area contributed by atoms with Crippen molar-refractivity contribution >= 4 is 16.7 Å². The summed E-state index contributed by atoms with van der Waals surface area (Å²) in [6.45, 7) is 11.4. The first-order valence-corrected chi connectivity index (χ1v) is 9.35. The van der Waals surface area contributed by atoms with Gasteiger partial charge < -0.3 is 9.13 Å². The Morgan fingerprint density at radius 1 is 1.27 bits per heavy atom. The van der Waals surface area contributed by atoms with Gasteiger partial charge in [-0.3, -0.25) is 4.79 Å². The molecule has 2 aromatic heterocycles. The lowest BCUT2D eigenvalue weighted by atomic mass is 9.72. The molecule has 0 aliphatic heterocycles. The summed E-state index contributed by atoms with van der Waals surface area (Å²) in [7, 11) is 0. The van der Waals surface area contributed by atoms with Crippen LogP contribution >= 0.6 is 0 Å². The van der Waals surface area contributed by atoms with E-state index < -0.39 is 5.41 Å². The number of carbonyl (C=O) groups is 1. The largest absolute Gasteiger partial charge is 0.344 e. The van der Waals surface area contributed by atoms with Gasteiger partial charge in [-0.1, -0.05) is 6.92 Å². The highest BCUT2D eigenvalue weighted by Gasteiger charge is 2.41. The number of benzene rings is 1. The molecule has 3 aromatic rings. The number of hydrogen-bond acceptors (Lipinski definition) is 2. The SMILES string of the molecule is [2H]c1nc(C)n(CC2(C)CCc3c(c4cc(C)c(C)cc4n3CC)C2=O)c1[2H]. The summed E-state index contributed by atoms with van der Waals surface area (Å²) < 4.78 is 19.9. The molecule has 1 aromatic carbocycles. The molecule has 0 fully saturated rings. The van der Waals surface area contributed by atoms with E-state index in [0.29, 0.717) is 12.4 Å². The monoisotopic (exact) mass is 351 g/mol. The lowest BCUT2D eigenvalue weighted by molar-refractivity contribution is 0.0752. The molecule has 26 heavy (non-hydrogen) atoms. The molecule has 1 atom stereocenters. The summed E-state index contributed by atoms with van der Waals surface area (Å²) in [5.74, 6) is 0.769. The van der Waals surface area contributed by atoms with Gasteiger partial charge in [-0.05, 0) is 63.8 Å². The molecule has 4 rings (SSSR count). The van der Waals surface area contributed by atoms with Crippen molar-refractivity contribution in [2.24, 2.45) is 5.41 Å². The van der Waals surface area contributed by atoms with Gasteiger partial charge in [-0.2, -0.15) is 0 Å². The minimum Gasteiger partial charge on any atom is -0.344 e. The van der Waals surface area contributed by atoms with Crippen molar-refractivity contribution < 1.29 is 7.54 Å². The molecular weight excluding hydrogens is 322 g/mol. The zero-order valence-corrected chi connectivity index (χ0v) is 16.2. The molecule has 1 aliphatic carbocycles. The average molecular weight is 351 g/mol. The van der Waals surface area contributed by atoms with E-state index in [1.165, 1.54) is 11.1 Å². The molecule has 0 N–H and O–H groups in total. The maximum absolute atomic E-state index is 13.8. The summed E-state index contributed by atoms with van der Waals surface area (Å²) in [6.07, 6.45) is 1.63. The van der Waals surface area contributed by atoms with Crippen molar-refractivity contribution in [3.63, 3.8) is 0 Å². The second-order valence-electron chi connectivity index (χ2n) is 7.88. The Hall–Kier alpha value is -2.36. The van der Waals surface area contributed by atoms with E-state index in [2.05, 4.69) is 42.5 Å². The highest BCUT2D eigenvalue weighted by atomic mass is 16.1. The van der Waals surface area contributed by atoms with Crippen molar-refractivity contribution in [1.29, 1.82) is 0 Å². The molecular formula is C22H27N3O. The van der Waals surface area contributed by atoms with E-state index in [-0.39, 0.29) is 18.1 Å². The second-order valence-corrected chi connectivity index (χ2v) is 7.88. The summed E-state index contributed by atoms with van der Waals surface area (Å²) >= 11 is 0. The average Bonchev–Trinajstić information content (AvgIpc) is 3.07. The third-order valence-electron chi connectivity index (χ3n) is 6.09. The third-order valence-corrected chi connectivity index (χ3v) is 6.09. The van der Waals surface area contributed by atoms with Crippen LogP contribution in [0.4, 0.5) is 0 Å². The van der Waals surface area contributed by atoms with Gasteiger partial charge in [0.25, 0.3) is 0 Å². The first-order chi connectivity index (χ1) is 13.2. The van der Waals surface area contributed by atoms with Crippen LogP contribution in [0.1, 0.15) is 56.0 Å². The number of nitrogens with zero attached hydrogens (tertiary/aromatic N) is 3. The fourth-order valence-electron chi connectivity index (χ4n) is 4.31. The van der Waals surface area contributed by atoms with E-state index in [1.807, 2.05) is 6.92 Å². The highest BCUT2D eigenvalue weighted by Crippen LogP contribution is 2.42. The highest BCUT2D eigenvalue weighted by molar-refractivity contribution is 6.13. The van der Waals surface area contributed by atoms with Gasteiger partial charge in [-0.15, -0.1) is 0 Å². The first-order valence-electron chi connectivity index (χ1n) is 10.4. The van der Waals surface area contributed by atoms with E-state index in [4.69, 9.17) is 2.74 Å². The normalized spacial score (nSPS) is 21.0. The molecule has 1 unspecified atom stereocenters. The van der Waals surface area contributed by atoms with Crippen molar-refractivity contribution in [2.75, 3.05) is 0 Å². The molecule has 4 heteroatoms. The first kappa shape index (κ1) is 14.8. The molecule has 0 saturated heterocycles. The van der Waals surface area contributed by atoms with E-state index in [9.17, 15) is 4.79 Å². The van der Waals surface area contributed by atoms with Gasteiger partial charge in [-0.25, -0.2) is 4.98 Å². The zero-order valence-electron chi connectivity index (χ0n) is 18.2. The van der Waals surface area contributed by atoms with Gasteiger partial charge >= 0.3 is 0 Å². The van der Waals surface area contributed by atoms with Crippen molar-refractivity contribution in [2.45, 2.75) is 60.5 Å². The smallest absolute Gasteiger partial charge is 0.172 e. The standard InChI is InChI=1S/C22H27N3O/c1-6-25-18-7-8-22(5,13-24-10-9-23-16(24)4)21(26)20(18)17-11-14(2)15(3)12-19(17)25/h9-12H,6-8,13H2,1-5H3/i9D,10D. The van der Waals surface area contributed by atoms with Crippen LogP contribution in [-0.2, 0) is 19.5 Å². The Morgan fingerprint density at radius 2 is 2.00 bits per heavy atom. The third kappa shape index (κ3) is 2.35. The van der Waals surface area contributed by atoms with Crippen molar-refractivity contribution in [3.05, 3.63) is 52.7 Å². The summed E-state index contributed by atoms with van der Waals surface area (Å²) in [6, 6.07) is 4.35. The van der Waals surface area contributed by atoms with E-state index in [1.54, 1.807) is 11.5 Å². The Bertz CT molecular complexity index is 1130. The van der Waals surface area contributed by atoms with Gasteiger partial charge in [0.1, 0.15) is 5.82 Å². The Balaban J connectivity index is 1.87.